The lowest BCUT2D eigenvalue weighted by Gasteiger charge is -2.30. The van der Waals surface area contributed by atoms with E-state index in [4.69, 9.17) is 4.74 Å². The van der Waals surface area contributed by atoms with Crippen LogP contribution < -0.4 is 10.2 Å². The molecule has 1 N–H and O–H groups in total. The molecule has 1 aliphatic heterocycles. The monoisotopic (exact) mass is 329 g/mol. The van der Waals surface area contributed by atoms with Crippen molar-refractivity contribution in [1.29, 1.82) is 0 Å². The van der Waals surface area contributed by atoms with Crippen molar-refractivity contribution in [1.82, 2.24) is 4.98 Å². The summed E-state index contributed by atoms with van der Waals surface area (Å²) in [5.41, 5.74) is 2.44. The minimum atomic E-state index is -0.136. The van der Waals surface area contributed by atoms with Crippen LogP contribution in [0.5, 0.6) is 0 Å². The topological polar surface area (TPSA) is 54.5 Å². The fourth-order valence-electron chi connectivity index (χ4n) is 2.58. The van der Waals surface area contributed by atoms with Gasteiger partial charge < -0.3 is 15.0 Å². The van der Waals surface area contributed by atoms with Gasteiger partial charge in [0.15, 0.2) is 0 Å². The maximum absolute atomic E-state index is 12.6. The van der Waals surface area contributed by atoms with Crippen molar-refractivity contribution in [3.63, 3.8) is 0 Å². The zero-order chi connectivity index (χ0) is 16.1. The number of pyridine rings is 1. The Balaban J connectivity index is 1.84. The Morgan fingerprint density at radius 3 is 2.78 bits per heavy atom. The smallest absolute Gasteiger partial charge is 0.258 e. The summed E-state index contributed by atoms with van der Waals surface area (Å²) in [5.74, 6) is -0.136. The molecular weight excluding hydrogens is 310 g/mol. The van der Waals surface area contributed by atoms with Crippen LogP contribution in [0.2, 0.25) is 0 Å². The third-order valence-electron chi connectivity index (χ3n) is 3.71. The number of para-hydroxylation sites is 2. The van der Waals surface area contributed by atoms with E-state index in [1.165, 1.54) is 11.8 Å². The first-order valence-corrected chi connectivity index (χ1v) is 8.74. The Hall–Kier alpha value is -2.05. The van der Waals surface area contributed by atoms with Gasteiger partial charge in [-0.2, -0.15) is 0 Å². The summed E-state index contributed by atoms with van der Waals surface area (Å²) in [4.78, 5) is 19.1. The van der Waals surface area contributed by atoms with Crippen molar-refractivity contribution in [2.45, 2.75) is 5.03 Å². The zero-order valence-corrected chi connectivity index (χ0v) is 13.8. The quantitative estimate of drug-likeness (QED) is 0.874. The lowest BCUT2D eigenvalue weighted by molar-refractivity contribution is 0.102. The molecule has 0 saturated carbocycles. The first-order valence-electron chi connectivity index (χ1n) is 7.51. The lowest BCUT2D eigenvalue weighted by atomic mass is 10.2. The zero-order valence-electron chi connectivity index (χ0n) is 13.0. The molecular formula is C17H19N3O2S. The van der Waals surface area contributed by atoms with Crippen molar-refractivity contribution < 1.29 is 9.53 Å². The first kappa shape index (κ1) is 15.8. The Bertz CT molecular complexity index is 687. The Morgan fingerprint density at radius 2 is 2.00 bits per heavy atom. The van der Waals surface area contributed by atoms with Gasteiger partial charge in [0.1, 0.15) is 5.03 Å². The molecule has 1 amide bonds. The van der Waals surface area contributed by atoms with Gasteiger partial charge in [0, 0.05) is 19.3 Å². The number of rotatable bonds is 4. The molecule has 2 aromatic rings. The molecule has 1 aliphatic rings. The standard InChI is InChI=1S/C17H19N3O2S/c1-23-17-13(5-4-8-18-17)16(21)19-14-6-2-3-7-15(14)20-9-11-22-12-10-20/h2-8H,9-12H2,1H3,(H,19,21). The summed E-state index contributed by atoms with van der Waals surface area (Å²) in [7, 11) is 0. The summed E-state index contributed by atoms with van der Waals surface area (Å²) in [5, 5.41) is 3.75. The van der Waals surface area contributed by atoms with E-state index in [1.54, 1.807) is 18.3 Å². The fraction of sp³-hybridized carbons (Fsp3) is 0.294. The number of anilines is 2. The normalized spacial score (nSPS) is 14.6. The molecule has 1 saturated heterocycles. The molecule has 1 aromatic heterocycles. The molecule has 0 unspecified atom stereocenters. The number of nitrogens with one attached hydrogen (secondary N) is 1. The van der Waals surface area contributed by atoms with E-state index in [0.29, 0.717) is 18.8 Å². The summed E-state index contributed by atoms with van der Waals surface area (Å²) in [6.07, 6.45) is 3.62. The number of amides is 1. The highest BCUT2D eigenvalue weighted by atomic mass is 32.2. The van der Waals surface area contributed by atoms with E-state index in [2.05, 4.69) is 15.2 Å². The van der Waals surface area contributed by atoms with Crippen LogP contribution >= 0.6 is 11.8 Å². The van der Waals surface area contributed by atoms with Gasteiger partial charge in [-0.15, -0.1) is 11.8 Å². The molecule has 6 heteroatoms. The first-order chi connectivity index (χ1) is 11.3. The maximum atomic E-state index is 12.6. The number of morpholine rings is 1. The fourth-order valence-corrected chi connectivity index (χ4v) is 3.12. The predicted octanol–water partition coefficient (Wildman–Crippen LogP) is 2.89. The van der Waals surface area contributed by atoms with E-state index >= 15 is 0 Å². The van der Waals surface area contributed by atoms with Gasteiger partial charge in [-0.1, -0.05) is 12.1 Å². The van der Waals surface area contributed by atoms with Gasteiger partial charge >= 0.3 is 0 Å². The van der Waals surface area contributed by atoms with Crippen LogP contribution in [0.3, 0.4) is 0 Å². The number of hydrogen-bond donors (Lipinski definition) is 1. The molecule has 3 rings (SSSR count). The van der Waals surface area contributed by atoms with Gasteiger partial charge in [-0.25, -0.2) is 4.98 Å². The number of carbonyl (C=O) groups excluding carboxylic acids is 1. The van der Waals surface area contributed by atoms with E-state index in [0.717, 1.165) is 29.5 Å². The third kappa shape index (κ3) is 3.65. The van der Waals surface area contributed by atoms with Crippen LogP contribution in [0, 0.1) is 0 Å². The second-order valence-corrected chi connectivity index (χ2v) is 5.93. The van der Waals surface area contributed by atoms with Gasteiger partial charge in [-0.05, 0) is 30.5 Å². The van der Waals surface area contributed by atoms with Crippen LogP contribution in [0.4, 0.5) is 11.4 Å². The van der Waals surface area contributed by atoms with Crippen LogP contribution in [0.15, 0.2) is 47.6 Å². The van der Waals surface area contributed by atoms with Crippen LogP contribution in [-0.2, 0) is 4.74 Å². The van der Waals surface area contributed by atoms with Gasteiger partial charge in [0.05, 0.1) is 30.2 Å². The van der Waals surface area contributed by atoms with Crippen molar-refractivity contribution in [3.05, 3.63) is 48.2 Å². The molecule has 0 radical (unpaired) electrons. The number of thioether (sulfide) groups is 1. The number of carbonyl (C=O) groups is 1. The highest BCUT2D eigenvalue weighted by Gasteiger charge is 2.17. The van der Waals surface area contributed by atoms with Crippen LogP contribution in [0.1, 0.15) is 10.4 Å². The Kier molecular flexibility index (Phi) is 5.15. The molecule has 1 fully saturated rings. The van der Waals surface area contributed by atoms with Gasteiger partial charge in [0.25, 0.3) is 5.91 Å². The molecule has 2 heterocycles. The minimum Gasteiger partial charge on any atom is -0.378 e. The minimum absolute atomic E-state index is 0.136. The molecule has 1 aromatic carbocycles. The summed E-state index contributed by atoms with van der Waals surface area (Å²) >= 11 is 1.47. The highest BCUT2D eigenvalue weighted by Crippen LogP contribution is 2.27. The third-order valence-corrected chi connectivity index (χ3v) is 4.43. The number of aromatic nitrogens is 1. The predicted molar refractivity (Wildman–Crippen MR) is 93.4 cm³/mol. The van der Waals surface area contributed by atoms with E-state index in [9.17, 15) is 4.79 Å². The van der Waals surface area contributed by atoms with E-state index in [1.807, 2.05) is 30.5 Å². The average molecular weight is 329 g/mol. The van der Waals surface area contributed by atoms with Crippen molar-refractivity contribution in [2.24, 2.45) is 0 Å². The van der Waals surface area contributed by atoms with E-state index in [-0.39, 0.29) is 5.91 Å². The maximum Gasteiger partial charge on any atom is 0.258 e. The Labute approximate surface area is 140 Å². The van der Waals surface area contributed by atoms with Crippen molar-refractivity contribution in [2.75, 3.05) is 42.8 Å². The summed E-state index contributed by atoms with van der Waals surface area (Å²) < 4.78 is 5.40. The average Bonchev–Trinajstić information content (AvgIpc) is 2.63. The second-order valence-electron chi connectivity index (χ2n) is 5.13. The molecule has 23 heavy (non-hydrogen) atoms. The largest absolute Gasteiger partial charge is 0.378 e. The van der Waals surface area contributed by atoms with E-state index < -0.39 is 0 Å². The van der Waals surface area contributed by atoms with Gasteiger partial charge in [0.2, 0.25) is 0 Å². The SMILES string of the molecule is CSc1ncccc1C(=O)Nc1ccccc1N1CCOCC1. The van der Waals surface area contributed by atoms with Crippen LogP contribution in [-0.4, -0.2) is 43.5 Å². The summed E-state index contributed by atoms with van der Waals surface area (Å²) in [6.45, 7) is 3.08. The summed E-state index contributed by atoms with van der Waals surface area (Å²) in [6, 6.07) is 11.4. The lowest BCUT2D eigenvalue weighted by Crippen LogP contribution is -2.36. The number of nitrogens with zero attached hydrogens (tertiary/aromatic N) is 2. The molecule has 0 atom stereocenters. The van der Waals surface area contributed by atoms with Crippen molar-refractivity contribution in [3.8, 4) is 0 Å². The molecule has 0 aliphatic carbocycles. The van der Waals surface area contributed by atoms with Crippen molar-refractivity contribution >= 4 is 29.0 Å². The molecule has 0 bridgehead atoms. The highest BCUT2D eigenvalue weighted by molar-refractivity contribution is 7.98. The molecule has 5 nitrogen and oxygen atoms in total. The molecule has 0 spiro atoms. The molecule has 120 valence electrons. The Morgan fingerprint density at radius 1 is 1.22 bits per heavy atom. The second kappa shape index (κ2) is 7.48. The number of benzene rings is 1. The van der Waals surface area contributed by atoms with Crippen LogP contribution in [0.25, 0.3) is 0 Å². The number of ether oxygens (including phenoxy) is 1. The number of hydrogen-bond acceptors (Lipinski definition) is 5. The van der Waals surface area contributed by atoms with Gasteiger partial charge in [-0.3, -0.25) is 4.79 Å².